The summed E-state index contributed by atoms with van der Waals surface area (Å²) >= 11 is 14.0. The lowest BCUT2D eigenvalue weighted by Crippen LogP contribution is -2.21. The molecule has 128 valence electrons. The van der Waals surface area contributed by atoms with Gasteiger partial charge in [0.05, 0.1) is 21.6 Å². The fourth-order valence-electron chi connectivity index (χ4n) is 3.18. The van der Waals surface area contributed by atoms with Crippen molar-refractivity contribution < 1.29 is 0 Å². The fraction of sp³-hybridized carbons (Fsp3) is 0.278. The quantitative estimate of drug-likeness (QED) is 0.587. The number of aryl methyl sites for hydroxylation is 3. The summed E-state index contributed by atoms with van der Waals surface area (Å²) in [6, 6.07) is 5.24. The molecule has 2 heterocycles. The molecule has 0 saturated heterocycles. The van der Waals surface area contributed by atoms with Crippen LogP contribution < -0.4 is 5.56 Å². The predicted molar refractivity (Wildman–Crippen MR) is 105 cm³/mol. The second kappa shape index (κ2) is 6.56. The Balaban J connectivity index is 1.88. The van der Waals surface area contributed by atoms with E-state index < -0.39 is 0 Å². The molecule has 25 heavy (non-hydrogen) atoms. The summed E-state index contributed by atoms with van der Waals surface area (Å²) in [6.07, 6.45) is 5.79. The van der Waals surface area contributed by atoms with Crippen LogP contribution in [-0.4, -0.2) is 15.9 Å². The monoisotopic (exact) mass is 391 g/mol. The van der Waals surface area contributed by atoms with Gasteiger partial charge in [0.1, 0.15) is 10.7 Å². The van der Waals surface area contributed by atoms with E-state index in [4.69, 9.17) is 23.2 Å². The van der Waals surface area contributed by atoms with Crippen molar-refractivity contribution in [3.05, 3.63) is 60.4 Å². The first-order valence-corrected chi connectivity index (χ1v) is 9.66. The van der Waals surface area contributed by atoms with Crippen molar-refractivity contribution in [1.29, 1.82) is 0 Å². The van der Waals surface area contributed by atoms with E-state index in [2.05, 4.69) is 10.1 Å². The normalized spacial score (nSPS) is 14.4. The van der Waals surface area contributed by atoms with E-state index in [0.29, 0.717) is 26.8 Å². The lowest BCUT2D eigenvalue weighted by atomic mass is 9.97. The molecule has 0 radical (unpaired) electrons. The van der Waals surface area contributed by atoms with Crippen molar-refractivity contribution in [1.82, 2.24) is 9.66 Å². The van der Waals surface area contributed by atoms with Crippen LogP contribution in [0.4, 0.5) is 0 Å². The molecule has 0 bridgehead atoms. The lowest BCUT2D eigenvalue weighted by Gasteiger charge is -2.10. The van der Waals surface area contributed by atoms with Gasteiger partial charge in [-0.2, -0.15) is 9.78 Å². The summed E-state index contributed by atoms with van der Waals surface area (Å²) in [5.74, 6) is 0.551. The average Bonchev–Trinajstić information content (AvgIpc) is 2.95. The van der Waals surface area contributed by atoms with Gasteiger partial charge in [0.2, 0.25) is 0 Å². The van der Waals surface area contributed by atoms with Gasteiger partial charge in [0.25, 0.3) is 5.56 Å². The highest BCUT2D eigenvalue weighted by Gasteiger charge is 2.21. The van der Waals surface area contributed by atoms with E-state index in [9.17, 15) is 4.79 Å². The Morgan fingerprint density at radius 1 is 1.24 bits per heavy atom. The minimum absolute atomic E-state index is 0.124. The first-order chi connectivity index (χ1) is 12.1. The summed E-state index contributed by atoms with van der Waals surface area (Å²) in [6.45, 7) is 1.78. The van der Waals surface area contributed by atoms with Gasteiger partial charge in [0.15, 0.2) is 0 Å². The van der Waals surface area contributed by atoms with Crippen molar-refractivity contribution in [2.75, 3.05) is 0 Å². The molecule has 7 heteroatoms. The SMILES string of the molecule is Cc1nc2sc3c(c2c(=O)n1N=Cc1c(Cl)cccc1Cl)CCCC3. The molecule has 2 aromatic heterocycles. The first kappa shape index (κ1) is 16.8. The highest BCUT2D eigenvalue weighted by atomic mass is 35.5. The molecule has 4 rings (SSSR count). The minimum Gasteiger partial charge on any atom is -0.267 e. The Labute approximate surface area is 158 Å². The predicted octanol–water partition coefficient (Wildman–Crippen LogP) is 4.83. The molecule has 1 aliphatic carbocycles. The number of rotatable bonds is 2. The van der Waals surface area contributed by atoms with E-state index in [-0.39, 0.29) is 5.56 Å². The van der Waals surface area contributed by atoms with Crippen molar-refractivity contribution in [2.45, 2.75) is 32.6 Å². The van der Waals surface area contributed by atoms with Crippen LogP contribution in [-0.2, 0) is 12.8 Å². The van der Waals surface area contributed by atoms with Crippen molar-refractivity contribution in [3.8, 4) is 0 Å². The molecule has 0 saturated carbocycles. The average molecular weight is 392 g/mol. The third kappa shape index (κ3) is 2.90. The van der Waals surface area contributed by atoms with Crippen LogP contribution in [0, 0.1) is 6.92 Å². The molecule has 0 amide bonds. The smallest absolute Gasteiger partial charge is 0.267 e. The Bertz CT molecular complexity index is 1050. The molecule has 1 aliphatic rings. The molecule has 1 aromatic carbocycles. The second-order valence-corrected chi connectivity index (χ2v) is 7.94. The van der Waals surface area contributed by atoms with E-state index in [0.717, 1.165) is 29.7 Å². The Morgan fingerprint density at radius 2 is 1.96 bits per heavy atom. The van der Waals surface area contributed by atoms with Crippen LogP contribution in [0.2, 0.25) is 10.0 Å². The van der Waals surface area contributed by atoms with Crippen LogP contribution in [0.15, 0.2) is 28.1 Å². The molecule has 3 aromatic rings. The van der Waals surface area contributed by atoms with Crippen molar-refractivity contribution >= 4 is 51.0 Å². The maximum absolute atomic E-state index is 13.0. The van der Waals surface area contributed by atoms with Gasteiger partial charge in [-0.3, -0.25) is 4.79 Å². The van der Waals surface area contributed by atoms with Crippen molar-refractivity contribution in [3.63, 3.8) is 0 Å². The molecule has 0 aliphatic heterocycles. The molecular formula is C18H15Cl2N3OS. The summed E-state index contributed by atoms with van der Waals surface area (Å²) in [7, 11) is 0. The molecule has 0 N–H and O–H groups in total. The van der Waals surface area contributed by atoms with Gasteiger partial charge in [0, 0.05) is 10.4 Å². The highest BCUT2D eigenvalue weighted by Crippen LogP contribution is 2.33. The second-order valence-electron chi connectivity index (χ2n) is 6.05. The van der Waals surface area contributed by atoms with E-state index in [1.54, 1.807) is 36.5 Å². The van der Waals surface area contributed by atoms with E-state index in [1.165, 1.54) is 22.2 Å². The number of hydrogen-bond acceptors (Lipinski definition) is 4. The van der Waals surface area contributed by atoms with Gasteiger partial charge in [-0.15, -0.1) is 11.3 Å². The Morgan fingerprint density at radius 3 is 2.72 bits per heavy atom. The number of halogens is 2. The molecule has 0 atom stereocenters. The number of fused-ring (bicyclic) bond motifs is 3. The molecule has 0 unspecified atom stereocenters. The summed E-state index contributed by atoms with van der Waals surface area (Å²) in [4.78, 5) is 19.7. The van der Waals surface area contributed by atoms with Crippen molar-refractivity contribution in [2.24, 2.45) is 5.10 Å². The molecule has 0 spiro atoms. The molecular weight excluding hydrogens is 377 g/mol. The standard InChI is InChI=1S/C18H15Cl2N3OS/c1-10-22-17-16(11-5-2-3-8-15(11)25-17)18(24)23(10)21-9-12-13(19)6-4-7-14(12)20/h4,6-7,9H,2-3,5,8H2,1H3. The molecule has 4 nitrogen and oxygen atoms in total. The first-order valence-electron chi connectivity index (χ1n) is 8.08. The lowest BCUT2D eigenvalue weighted by molar-refractivity contribution is 0.698. The number of thiophene rings is 1. The number of hydrogen-bond donors (Lipinski definition) is 0. The maximum Gasteiger partial charge on any atom is 0.283 e. The van der Waals surface area contributed by atoms with Gasteiger partial charge in [-0.1, -0.05) is 29.3 Å². The van der Waals surface area contributed by atoms with Crippen LogP contribution in [0.3, 0.4) is 0 Å². The fourth-order valence-corrected chi connectivity index (χ4v) is 4.98. The van der Waals surface area contributed by atoms with Gasteiger partial charge >= 0.3 is 0 Å². The highest BCUT2D eigenvalue weighted by molar-refractivity contribution is 7.18. The number of benzene rings is 1. The Kier molecular flexibility index (Phi) is 4.40. The zero-order valence-electron chi connectivity index (χ0n) is 13.6. The zero-order valence-corrected chi connectivity index (χ0v) is 15.9. The number of aromatic nitrogens is 2. The summed E-state index contributed by atoms with van der Waals surface area (Å²) < 4.78 is 1.34. The van der Waals surface area contributed by atoms with E-state index >= 15 is 0 Å². The third-order valence-corrected chi connectivity index (χ3v) is 6.28. The van der Waals surface area contributed by atoms with Gasteiger partial charge in [-0.05, 0) is 50.3 Å². The van der Waals surface area contributed by atoms with Crippen LogP contribution >= 0.6 is 34.5 Å². The number of nitrogens with zero attached hydrogens (tertiary/aromatic N) is 3. The van der Waals surface area contributed by atoms with Gasteiger partial charge < -0.3 is 0 Å². The Hall–Kier alpha value is -1.69. The zero-order chi connectivity index (χ0) is 17.6. The minimum atomic E-state index is -0.124. The van der Waals surface area contributed by atoms with Crippen LogP contribution in [0.25, 0.3) is 10.2 Å². The molecule has 0 fully saturated rings. The summed E-state index contributed by atoms with van der Waals surface area (Å²) in [5.41, 5.74) is 1.62. The summed E-state index contributed by atoms with van der Waals surface area (Å²) in [5, 5.41) is 6.02. The maximum atomic E-state index is 13.0. The van der Waals surface area contributed by atoms with Gasteiger partial charge in [-0.25, -0.2) is 4.98 Å². The topological polar surface area (TPSA) is 47.2 Å². The van der Waals surface area contributed by atoms with E-state index in [1.807, 2.05) is 0 Å². The largest absolute Gasteiger partial charge is 0.283 e. The van der Waals surface area contributed by atoms with Crippen LogP contribution in [0.5, 0.6) is 0 Å². The third-order valence-electron chi connectivity index (χ3n) is 4.43. The van der Waals surface area contributed by atoms with Crippen LogP contribution in [0.1, 0.15) is 34.7 Å².